The smallest absolute Gasteiger partial charge is 0.317 e. The Balaban J connectivity index is 2.04. The lowest BCUT2D eigenvalue weighted by molar-refractivity contribution is -0.00867. The minimum absolute atomic E-state index is 0.301. The van der Waals surface area contributed by atoms with Crippen molar-refractivity contribution in [1.82, 2.24) is 19.9 Å². The first-order valence-corrected chi connectivity index (χ1v) is 4.04. The summed E-state index contributed by atoms with van der Waals surface area (Å²) in [6.07, 6.45) is 4.67. The molecule has 0 bridgehead atoms. The zero-order valence-corrected chi connectivity index (χ0v) is 7.57. The Morgan fingerprint density at radius 3 is 3.00 bits per heavy atom. The van der Waals surface area contributed by atoms with Gasteiger partial charge in [0.05, 0.1) is 18.6 Å². The molecule has 0 saturated carbocycles. The fraction of sp³-hybridized carbons (Fsp3) is 0. The van der Waals surface area contributed by atoms with Crippen LogP contribution in [0.2, 0.25) is 0 Å². The molecular weight excluding hydrogens is 200 g/mol. The van der Waals surface area contributed by atoms with E-state index in [1.165, 1.54) is 17.1 Å². The molecule has 0 unspecified atom stereocenters. The van der Waals surface area contributed by atoms with Crippen LogP contribution in [0, 0.1) is 0 Å². The van der Waals surface area contributed by atoms with Crippen LogP contribution in [-0.4, -0.2) is 25.9 Å². The van der Waals surface area contributed by atoms with Crippen LogP contribution in [0.15, 0.2) is 30.7 Å². The summed E-state index contributed by atoms with van der Waals surface area (Å²) in [5, 5.41) is 9.95. The molecule has 0 spiro atoms. The first-order chi connectivity index (χ1) is 7.24. The van der Waals surface area contributed by atoms with Gasteiger partial charge in [0.15, 0.2) is 5.82 Å². The topological polar surface area (TPSA) is 100.0 Å². The normalized spacial score (nSPS) is 9.87. The maximum absolute atomic E-state index is 10.5. The molecule has 0 atom stereocenters. The highest BCUT2D eigenvalue weighted by molar-refractivity contribution is 5.86. The van der Waals surface area contributed by atoms with Gasteiger partial charge in [-0.15, -0.1) is 10.2 Å². The zero-order valence-electron chi connectivity index (χ0n) is 7.57. The molecule has 0 aliphatic carbocycles. The van der Waals surface area contributed by atoms with Crippen molar-refractivity contribution in [2.45, 2.75) is 0 Å². The number of nitrogens with zero attached hydrogens (tertiary/aromatic N) is 4. The van der Waals surface area contributed by atoms with Crippen molar-refractivity contribution in [3.05, 3.63) is 30.7 Å². The van der Waals surface area contributed by atoms with Crippen molar-refractivity contribution in [2.75, 3.05) is 5.32 Å². The molecule has 0 saturated heterocycles. The fourth-order valence-corrected chi connectivity index (χ4v) is 0.934. The standard InChI is InChI=1S/C7H8N6O2/c8-7(14)10-6-2-5-13(11-6)15-12-4-1-3-9-12/h1-5H,(H3,8,10,11,14). The van der Waals surface area contributed by atoms with E-state index < -0.39 is 6.03 Å². The van der Waals surface area contributed by atoms with Gasteiger partial charge in [-0.3, -0.25) is 5.32 Å². The van der Waals surface area contributed by atoms with Gasteiger partial charge in [0.1, 0.15) is 0 Å². The van der Waals surface area contributed by atoms with Gasteiger partial charge in [-0.25, -0.2) is 9.73 Å². The van der Waals surface area contributed by atoms with Gasteiger partial charge in [0, 0.05) is 6.07 Å². The first-order valence-electron chi connectivity index (χ1n) is 4.04. The summed E-state index contributed by atoms with van der Waals surface area (Å²) in [4.78, 5) is 17.9. The Morgan fingerprint density at radius 1 is 1.47 bits per heavy atom. The number of hydrogen-bond donors (Lipinski definition) is 2. The van der Waals surface area contributed by atoms with Crippen LogP contribution in [0.25, 0.3) is 0 Å². The van der Waals surface area contributed by atoms with Gasteiger partial charge in [-0.1, -0.05) is 9.69 Å². The molecule has 0 aliphatic rings. The second kappa shape index (κ2) is 3.70. The van der Waals surface area contributed by atoms with Crippen molar-refractivity contribution < 1.29 is 9.73 Å². The second-order valence-electron chi connectivity index (χ2n) is 2.58. The van der Waals surface area contributed by atoms with E-state index in [2.05, 4.69) is 15.5 Å². The highest BCUT2D eigenvalue weighted by atomic mass is 16.8. The molecule has 0 radical (unpaired) electrons. The molecule has 0 aromatic carbocycles. The van der Waals surface area contributed by atoms with Gasteiger partial charge >= 0.3 is 6.03 Å². The molecule has 2 aromatic heterocycles. The van der Waals surface area contributed by atoms with E-state index in [1.807, 2.05) is 0 Å². The van der Waals surface area contributed by atoms with Crippen LogP contribution in [0.1, 0.15) is 0 Å². The van der Waals surface area contributed by atoms with E-state index in [0.29, 0.717) is 5.82 Å². The number of nitrogens with one attached hydrogen (secondary N) is 1. The fourth-order valence-electron chi connectivity index (χ4n) is 0.934. The van der Waals surface area contributed by atoms with Crippen molar-refractivity contribution >= 4 is 11.8 Å². The summed E-state index contributed by atoms with van der Waals surface area (Å²) in [5.41, 5.74) is 4.91. The minimum Gasteiger partial charge on any atom is -0.351 e. The number of nitrogens with two attached hydrogens (primary N) is 1. The molecule has 15 heavy (non-hydrogen) atoms. The van der Waals surface area contributed by atoms with E-state index >= 15 is 0 Å². The Hall–Kier alpha value is -2.51. The maximum Gasteiger partial charge on any atom is 0.317 e. The number of aromatic nitrogens is 4. The number of hydrogen-bond acceptors (Lipinski definition) is 4. The third-order valence-corrected chi connectivity index (χ3v) is 1.46. The van der Waals surface area contributed by atoms with Gasteiger partial charge in [-0.05, 0) is 6.07 Å². The summed E-state index contributed by atoms with van der Waals surface area (Å²) in [7, 11) is 0. The van der Waals surface area contributed by atoms with Crippen LogP contribution in [0.3, 0.4) is 0 Å². The number of anilines is 1. The molecule has 78 valence electrons. The van der Waals surface area contributed by atoms with E-state index in [1.54, 1.807) is 18.5 Å². The van der Waals surface area contributed by atoms with Crippen LogP contribution in [0.5, 0.6) is 0 Å². The second-order valence-corrected chi connectivity index (χ2v) is 2.58. The van der Waals surface area contributed by atoms with Crippen molar-refractivity contribution in [2.24, 2.45) is 5.73 Å². The molecule has 8 heteroatoms. The third-order valence-electron chi connectivity index (χ3n) is 1.46. The number of amides is 2. The summed E-state index contributed by atoms with van der Waals surface area (Å²) < 4.78 is 0. The molecule has 2 aromatic rings. The SMILES string of the molecule is NC(=O)Nc1ccn(On2cccn2)n1. The number of rotatable bonds is 3. The Kier molecular flexibility index (Phi) is 2.23. The van der Waals surface area contributed by atoms with Gasteiger partial charge in [-0.2, -0.15) is 0 Å². The Bertz CT molecular complexity index is 448. The number of primary amides is 1. The van der Waals surface area contributed by atoms with E-state index in [-0.39, 0.29) is 0 Å². The highest BCUT2D eigenvalue weighted by Crippen LogP contribution is 1.99. The number of carbonyl (C=O) groups excluding carboxylic acids is 1. The lowest BCUT2D eigenvalue weighted by Gasteiger charge is -2.01. The van der Waals surface area contributed by atoms with Gasteiger partial charge < -0.3 is 5.73 Å². The molecule has 2 amide bonds. The average Bonchev–Trinajstić information content (AvgIpc) is 2.77. The monoisotopic (exact) mass is 208 g/mol. The van der Waals surface area contributed by atoms with E-state index in [9.17, 15) is 4.79 Å². The Morgan fingerprint density at radius 2 is 2.33 bits per heavy atom. The van der Waals surface area contributed by atoms with Crippen LogP contribution in [-0.2, 0) is 0 Å². The number of carbonyl (C=O) groups is 1. The van der Waals surface area contributed by atoms with E-state index in [0.717, 1.165) is 4.85 Å². The zero-order chi connectivity index (χ0) is 10.7. The molecule has 8 nitrogen and oxygen atoms in total. The highest BCUT2D eigenvalue weighted by Gasteiger charge is 2.01. The summed E-state index contributed by atoms with van der Waals surface area (Å²) in [6, 6.07) is 2.56. The molecular formula is C7H8N6O2. The lowest BCUT2D eigenvalue weighted by Crippen LogP contribution is -2.21. The van der Waals surface area contributed by atoms with Crippen molar-refractivity contribution in [3.63, 3.8) is 0 Å². The first kappa shape index (κ1) is 9.06. The largest absolute Gasteiger partial charge is 0.351 e. The maximum atomic E-state index is 10.5. The molecule has 2 rings (SSSR count). The third kappa shape index (κ3) is 2.24. The average molecular weight is 208 g/mol. The predicted molar refractivity (Wildman–Crippen MR) is 49.6 cm³/mol. The molecule has 0 aliphatic heterocycles. The van der Waals surface area contributed by atoms with Gasteiger partial charge in [0.2, 0.25) is 0 Å². The predicted octanol–water partition coefficient (Wildman–Crippen LogP) is -0.538. The molecule has 0 fully saturated rings. The molecule has 3 N–H and O–H groups in total. The van der Waals surface area contributed by atoms with Crippen molar-refractivity contribution in [3.8, 4) is 0 Å². The number of urea groups is 1. The lowest BCUT2D eigenvalue weighted by atomic mass is 10.6. The summed E-state index contributed by atoms with van der Waals surface area (Å²) in [5.74, 6) is 0.301. The van der Waals surface area contributed by atoms with Crippen LogP contribution >= 0.6 is 0 Å². The van der Waals surface area contributed by atoms with Crippen LogP contribution < -0.4 is 16.0 Å². The minimum atomic E-state index is -0.681. The summed E-state index contributed by atoms with van der Waals surface area (Å²) in [6.45, 7) is 0. The van der Waals surface area contributed by atoms with Gasteiger partial charge in [0.25, 0.3) is 0 Å². The van der Waals surface area contributed by atoms with Crippen LogP contribution in [0.4, 0.5) is 10.6 Å². The quantitative estimate of drug-likeness (QED) is 0.707. The van der Waals surface area contributed by atoms with Crippen molar-refractivity contribution in [1.29, 1.82) is 0 Å². The summed E-state index contributed by atoms with van der Waals surface area (Å²) >= 11 is 0. The molecule has 2 heterocycles. The van der Waals surface area contributed by atoms with E-state index in [4.69, 9.17) is 10.7 Å². The Labute approximate surface area is 84.1 Å².